The summed E-state index contributed by atoms with van der Waals surface area (Å²) in [6, 6.07) is 0. The van der Waals surface area contributed by atoms with Gasteiger partial charge in [0.1, 0.15) is 0 Å². The minimum absolute atomic E-state index is 0.588. The zero-order chi connectivity index (χ0) is 6.69. The van der Waals surface area contributed by atoms with E-state index in [1.54, 1.807) is 0 Å². The minimum atomic E-state index is 0.588. The molecule has 0 saturated heterocycles. The molecule has 0 amide bonds. The van der Waals surface area contributed by atoms with E-state index in [1.807, 2.05) is 6.08 Å². The van der Waals surface area contributed by atoms with Crippen LogP contribution in [0.3, 0.4) is 0 Å². The van der Waals surface area contributed by atoms with Crippen LogP contribution in [0.4, 0.5) is 0 Å². The molecule has 1 unspecified atom stereocenters. The molecule has 1 rings (SSSR count). The van der Waals surface area contributed by atoms with Crippen molar-refractivity contribution in [2.24, 2.45) is 5.92 Å². The van der Waals surface area contributed by atoms with Gasteiger partial charge in [0, 0.05) is 16.9 Å². The quantitative estimate of drug-likeness (QED) is 0.568. The third-order valence-corrected chi connectivity index (χ3v) is 1.83. The van der Waals surface area contributed by atoms with Crippen LogP contribution in [0.1, 0.15) is 13.3 Å². The van der Waals surface area contributed by atoms with Gasteiger partial charge in [0.05, 0.1) is 0 Å². The van der Waals surface area contributed by atoms with E-state index in [0.717, 1.165) is 23.4 Å². The Balaban J connectivity index is 2.59. The van der Waals surface area contributed by atoms with Gasteiger partial charge in [0.2, 0.25) is 0 Å². The lowest BCUT2D eigenvalue weighted by Crippen LogP contribution is -1.92. The Kier molecular flexibility index (Phi) is 2.37. The summed E-state index contributed by atoms with van der Waals surface area (Å²) in [5.41, 5.74) is 0. The summed E-state index contributed by atoms with van der Waals surface area (Å²) < 4.78 is 8.61. The fourth-order valence-electron chi connectivity index (χ4n) is 0.864. The molecule has 1 aliphatic rings. The highest BCUT2D eigenvalue weighted by atomic mass is 32.2. The Morgan fingerprint density at radius 3 is 3.00 bits per heavy atom. The largest absolute Gasteiger partial charge is 0.325 e. The number of allylic oxidation sites excluding steroid dienone is 3. The van der Waals surface area contributed by atoms with E-state index in [-0.39, 0.29) is 0 Å². The molecule has 0 spiro atoms. The molecule has 0 radical (unpaired) electrons. The average molecular weight is 142 g/mol. The molecule has 0 heterocycles. The highest BCUT2D eigenvalue weighted by molar-refractivity contribution is 7.97. The monoisotopic (exact) mass is 142 g/mol. The van der Waals surface area contributed by atoms with Gasteiger partial charge in [-0.3, -0.25) is 0 Å². The van der Waals surface area contributed by atoms with E-state index in [9.17, 15) is 0 Å². The van der Waals surface area contributed by atoms with Crippen molar-refractivity contribution < 1.29 is 4.55 Å². The highest BCUT2D eigenvalue weighted by Gasteiger charge is 2.02. The van der Waals surface area contributed by atoms with Gasteiger partial charge in [-0.25, -0.2) is 0 Å². The minimum Gasteiger partial charge on any atom is -0.325 e. The van der Waals surface area contributed by atoms with Crippen LogP contribution in [0.5, 0.6) is 0 Å². The van der Waals surface area contributed by atoms with Gasteiger partial charge < -0.3 is 4.55 Å². The molecule has 0 aliphatic heterocycles. The molecule has 1 N–H and O–H groups in total. The Hall–Kier alpha value is -0.210. The van der Waals surface area contributed by atoms with E-state index < -0.39 is 0 Å². The summed E-state index contributed by atoms with van der Waals surface area (Å²) in [5.74, 6) is 0.588. The first-order chi connectivity index (χ1) is 4.33. The molecular formula is C7H10OS. The van der Waals surface area contributed by atoms with Crippen molar-refractivity contribution in [3.8, 4) is 0 Å². The fraction of sp³-hybridized carbons (Fsp3) is 0.429. The summed E-state index contributed by atoms with van der Waals surface area (Å²) in [7, 11) is 0. The molecule has 9 heavy (non-hydrogen) atoms. The van der Waals surface area contributed by atoms with Crippen LogP contribution < -0.4 is 0 Å². The highest BCUT2D eigenvalue weighted by Crippen LogP contribution is 2.22. The van der Waals surface area contributed by atoms with Gasteiger partial charge in [-0.15, -0.1) is 0 Å². The second-order valence-electron chi connectivity index (χ2n) is 2.28. The van der Waals surface area contributed by atoms with Crippen molar-refractivity contribution in [2.45, 2.75) is 13.3 Å². The van der Waals surface area contributed by atoms with Crippen molar-refractivity contribution in [3.63, 3.8) is 0 Å². The molecule has 0 aromatic heterocycles. The molecule has 50 valence electrons. The van der Waals surface area contributed by atoms with Crippen LogP contribution in [0.25, 0.3) is 0 Å². The van der Waals surface area contributed by atoms with E-state index in [4.69, 9.17) is 4.55 Å². The van der Waals surface area contributed by atoms with E-state index in [1.165, 1.54) is 0 Å². The maximum absolute atomic E-state index is 8.61. The van der Waals surface area contributed by atoms with Gasteiger partial charge in [0.15, 0.2) is 0 Å². The molecule has 0 fully saturated rings. The molecule has 0 aromatic rings. The van der Waals surface area contributed by atoms with Crippen molar-refractivity contribution in [1.82, 2.24) is 0 Å². The van der Waals surface area contributed by atoms with Crippen LogP contribution in [0.15, 0.2) is 23.1 Å². The first kappa shape index (κ1) is 6.90. The maximum Gasteiger partial charge on any atom is 0.0310 e. The fourth-order valence-corrected chi connectivity index (χ4v) is 1.31. The normalized spacial score (nSPS) is 26.0. The van der Waals surface area contributed by atoms with Crippen LogP contribution in [0, 0.1) is 5.92 Å². The summed E-state index contributed by atoms with van der Waals surface area (Å²) in [4.78, 5) is 0.966. The van der Waals surface area contributed by atoms with Crippen LogP contribution in [-0.4, -0.2) is 4.55 Å². The number of rotatable bonds is 1. The summed E-state index contributed by atoms with van der Waals surface area (Å²) >= 11 is 0.824. The summed E-state index contributed by atoms with van der Waals surface area (Å²) in [5, 5.41) is 0. The van der Waals surface area contributed by atoms with Crippen molar-refractivity contribution >= 4 is 12.0 Å². The maximum atomic E-state index is 8.61. The van der Waals surface area contributed by atoms with Crippen LogP contribution in [0.2, 0.25) is 0 Å². The third-order valence-electron chi connectivity index (χ3n) is 1.34. The molecule has 1 aliphatic carbocycles. The topological polar surface area (TPSA) is 20.2 Å². The Bertz CT molecular complexity index is 149. The van der Waals surface area contributed by atoms with E-state index in [2.05, 4.69) is 19.1 Å². The van der Waals surface area contributed by atoms with Gasteiger partial charge in [-0.1, -0.05) is 25.2 Å². The smallest absolute Gasteiger partial charge is 0.0310 e. The predicted octanol–water partition coefficient (Wildman–Crippen LogP) is 2.67. The molecule has 1 nitrogen and oxygen atoms in total. The lowest BCUT2D eigenvalue weighted by molar-refractivity contribution is 0.667. The Labute approximate surface area is 59.7 Å². The second-order valence-corrected chi connectivity index (χ2v) is 2.93. The summed E-state index contributed by atoms with van der Waals surface area (Å²) in [6.07, 6.45) is 7.21. The van der Waals surface area contributed by atoms with Gasteiger partial charge in [0.25, 0.3) is 0 Å². The first-order valence-corrected chi connectivity index (χ1v) is 3.80. The molecule has 0 aromatic carbocycles. The summed E-state index contributed by atoms with van der Waals surface area (Å²) in [6.45, 7) is 2.14. The van der Waals surface area contributed by atoms with Gasteiger partial charge in [-0.05, 0) is 12.3 Å². The first-order valence-electron chi connectivity index (χ1n) is 3.02. The molecule has 2 heteroatoms. The van der Waals surface area contributed by atoms with Gasteiger partial charge >= 0.3 is 0 Å². The third kappa shape index (κ3) is 1.88. The van der Waals surface area contributed by atoms with Crippen molar-refractivity contribution in [3.05, 3.63) is 23.1 Å². The van der Waals surface area contributed by atoms with Crippen LogP contribution >= 0.6 is 12.0 Å². The van der Waals surface area contributed by atoms with Crippen LogP contribution in [-0.2, 0) is 0 Å². The SMILES string of the molecule is CC1C=C(SO)C=CC1. The Morgan fingerprint density at radius 2 is 2.56 bits per heavy atom. The zero-order valence-corrected chi connectivity index (χ0v) is 6.19. The van der Waals surface area contributed by atoms with E-state index in [0.29, 0.717) is 5.92 Å². The predicted molar refractivity (Wildman–Crippen MR) is 41.2 cm³/mol. The number of hydrogen-bond acceptors (Lipinski definition) is 2. The molecule has 1 atom stereocenters. The lowest BCUT2D eigenvalue weighted by atomic mass is 10.0. The second kappa shape index (κ2) is 3.08. The zero-order valence-electron chi connectivity index (χ0n) is 5.37. The molecule has 0 bridgehead atoms. The lowest BCUT2D eigenvalue weighted by Gasteiger charge is -2.08. The Morgan fingerprint density at radius 1 is 1.78 bits per heavy atom. The molecule has 0 saturated carbocycles. The molecular weight excluding hydrogens is 132 g/mol. The standard InChI is InChI=1S/C7H10OS/c1-6-3-2-4-7(5-6)9-8/h2,4-6,8H,3H2,1H3. The van der Waals surface area contributed by atoms with Crippen molar-refractivity contribution in [2.75, 3.05) is 0 Å². The average Bonchev–Trinajstić information content (AvgIpc) is 1.88. The number of hydrogen-bond donors (Lipinski definition) is 1. The van der Waals surface area contributed by atoms with Crippen molar-refractivity contribution in [1.29, 1.82) is 0 Å². The van der Waals surface area contributed by atoms with E-state index >= 15 is 0 Å². The van der Waals surface area contributed by atoms with Gasteiger partial charge in [-0.2, -0.15) is 0 Å².